The van der Waals surface area contributed by atoms with Crippen molar-refractivity contribution in [2.45, 2.75) is 51.4 Å². The van der Waals surface area contributed by atoms with Crippen molar-refractivity contribution in [2.24, 2.45) is 7.05 Å². The predicted molar refractivity (Wildman–Crippen MR) is 110 cm³/mol. The summed E-state index contributed by atoms with van der Waals surface area (Å²) in [6.07, 6.45) is 10.3. The Balaban J connectivity index is 1.77. The molecule has 136 valence electrons. The molecule has 2 heteroatoms. The molecule has 0 unspecified atom stereocenters. The SMILES string of the molecule is CCc1cc[n+](C)c(-c2cc3c(cc2C)-c2cccnc2C32CCCC2)c1. The molecule has 5 rings (SSSR count). The normalized spacial score (nSPS) is 16.6. The average Bonchev–Trinajstić information content (AvgIpc) is 3.28. The van der Waals surface area contributed by atoms with Crippen LogP contribution in [0.5, 0.6) is 0 Å². The highest BCUT2D eigenvalue weighted by molar-refractivity contribution is 5.83. The smallest absolute Gasteiger partial charge is 0.212 e. The van der Waals surface area contributed by atoms with Crippen LogP contribution in [0.2, 0.25) is 0 Å². The highest BCUT2D eigenvalue weighted by Gasteiger charge is 2.46. The maximum absolute atomic E-state index is 4.88. The fraction of sp³-hybridized carbons (Fsp3) is 0.360. The summed E-state index contributed by atoms with van der Waals surface area (Å²) in [4.78, 5) is 4.88. The summed E-state index contributed by atoms with van der Waals surface area (Å²) in [5, 5.41) is 0. The van der Waals surface area contributed by atoms with Crippen molar-refractivity contribution < 1.29 is 4.57 Å². The first-order valence-corrected chi connectivity index (χ1v) is 10.2. The quantitative estimate of drug-likeness (QED) is 0.571. The minimum absolute atomic E-state index is 0.134. The van der Waals surface area contributed by atoms with E-state index < -0.39 is 0 Å². The standard InChI is InChI=1S/C25H27N2/c1-4-18-9-13-27(3)23(15-18)20-16-22-21(14-17(20)2)19-8-7-12-26-24(19)25(22)10-5-6-11-25/h7-9,12-16H,4-6,10-11H2,1-3H3/q+1. The molecule has 27 heavy (non-hydrogen) atoms. The minimum atomic E-state index is 0.134. The monoisotopic (exact) mass is 355 g/mol. The van der Waals surface area contributed by atoms with Gasteiger partial charge in [-0.15, -0.1) is 0 Å². The maximum Gasteiger partial charge on any atom is 0.212 e. The Morgan fingerprint density at radius 2 is 1.85 bits per heavy atom. The third-order valence-electron chi connectivity index (χ3n) is 6.79. The second-order valence-electron chi connectivity index (χ2n) is 8.29. The van der Waals surface area contributed by atoms with Gasteiger partial charge in [-0.05, 0) is 60.6 Å². The maximum atomic E-state index is 4.88. The Bertz CT molecular complexity index is 1040. The first-order chi connectivity index (χ1) is 13.1. The molecule has 2 heterocycles. The van der Waals surface area contributed by atoms with Gasteiger partial charge in [0.2, 0.25) is 5.69 Å². The van der Waals surface area contributed by atoms with Crippen molar-refractivity contribution in [1.82, 2.24) is 4.98 Å². The van der Waals surface area contributed by atoms with Crippen LogP contribution in [-0.2, 0) is 18.9 Å². The van der Waals surface area contributed by atoms with Crippen LogP contribution in [0.4, 0.5) is 0 Å². The third kappa shape index (κ3) is 2.32. The molecule has 2 nitrogen and oxygen atoms in total. The Morgan fingerprint density at radius 1 is 1.04 bits per heavy atom. The summed E-state index contributed by atoms with van der Waals surface area (Å²) in [6.45, 7) is 4.48. The molecule has 1 aromatic carbocycles. The van der Waals surface area contributed by atoms with E-state index in [1.807, 2.05) is 6.20 Å². The van der Waals surface area contributed by atoms with Crippen LogP contribution >= 0.6 is 0 Å². The largest absolute Gasteiger partial charge is 0.260 e. The summed E-state index contributed by atoms with van der Waals surface area (Å²) < 4.78 is 2.26. The Labute approximate surface area is 161 Å². The van der Waals surface area contributed by atoms with Gasteiger partial charge >= 0.3 is 0 Å². The number of hydrogen-bond donors (Lipinski definition) is 0. The van der Waals surface area contributed by atoms with Crippen LogP contribution in [0.3, 0.4) is 0 Å². The van der Waals surface area contributed by atoms with Crippen LogP contribution in [0.1, 0.15) is 55.0 Å². The molecule has 1 saturated carbocycles. The minimum Gasteiger partial charge on any atom is -0.260 e. The van der Waals surface area contributed by atoms with E-state index in [0.717, 1.165) is 6.42 Å². The van der Waals surface area contributed by atoms with E-state index in [0.29, 0.717) is 0 Å². The lowest BCUT2D eigenvalue weighted by molar-refractivity contribution is -0.660. The van der Waals surface area contributed by atoms with Crippen molar-refractivity contribution in [3.63, 3.8) is 0 Å². The molecular weight excluding hydrogens is 328 g/mol. The molecule has 1 spiro atoms. The zero-order valence-electron chi connectivity index (χ0n) is 16.5. The van der Waals surface area contributed by atoms with Gasteiger partial charge < -0.3 is 0 Å². The topological polar surface area (TPSA) is 16.8 Å². The van der Waals surface area contributed by atoms with Gasteiger partial charge in [0.25, 0.3) is 0 Å². The zero-order chi connectivity index (χ0) is 18.6. The van der Waals surface area contributed by atoms with E-state index in [1.54, 1.807) is 0 Å². The molecule has 3 aromatic rings. The summed E-state index contributed by atoms with van der Waals surface area (Å²) in [7, 11) is 2.16. The number of hydrogen-bond acceptors (Lipinski definition) is 1. The first kappa shape index (κ1) is 16.7. The van der Waals surface area contributed by atoms with Crippen molar-refractivity contribution >= 4 is 0 Å². The molecule has 0 N–H and O–H groups in total. The number of benzene rings is 1. The second kappa shape index (κ2) is 6.02. The lowest BCUT2D eigenvalue weighted by Gasteiger charge is -2.25. The van der Waals surface area contributed by atoms with E-state index in [-0.39, 0.29) is 5.41 Å². The van der Waals surface area contributed by atoms with Gasteiger partial charge in [0.05, 0.1) is 5.69 Å². The van der Waals surface area contributed by atoms with E-state index in [9.17, 15) is 0 Å². The number of aromatic nitrogens is 2. The number of aryl methyl sites for hydroxylation is 3. The summed E-state index contributed by atoms with van der Waals surface area (Å²) >= 11 is 0. The first-order valence-electron chi connectivity index (χ1n) is 10.2. The number of pyridine rings is 2. The van der Waals surface area contributed by atoms with Crippen LogP contribution in [-0.4, -0.2) is 4.98 Å². The van der Waals surface area contributed by atoms with Gasteiger partial charge in [0, 0.05) is 34.9 Å². The second-order valence-corrected chi connectivity index (χ2v) is 8.29. The van der Waals surface area contributed by atoms with E-state index in [1.165, 1.54) is 70.5 Å². The van der Waals surface area contributed by atoms with Crippen molar-refractivity contribution in [3.05, 3.63) is 71.2 Å². The van der Waals surface area contributed by atoms with E-state index in [4.69, 9.17) is 4.98 Å². The fourth-order valence-corrected chi connectivity index (χ4v) is 5.32. The number of rotatable bonds is 2. The van der Waals surface area contributed by atoms with Gasteiger partial charge in [-0.25, -0.2) is 4.57 Å². The fourth-order valence-electron chi connectivity index (χ4n) is 5.32. The average molecular weight is 356 g/mol. The lowest BCUT2D eigenvalue weighted by Crippen LogP contribution is -2.31. The number of fused-ring (bicyclic) bond motifs is 5. The summed E-state index contributed by atoms with van der Waals surface area (Å²) in [6, 6.07) is 13.8. The van der Waals surface area contributed by atoms with E-state index in [2.05, 4.69) is 68.1 Å². The summed E-state index contributed by atoms with van der Waals surface area (Å²) in [5.74, 6) is 0. The molecule has 0 bridgehead atoms. The zero-order valence-corrected chi connectivity index (χ0v) is 16.5. The van der Waals surface area contributed by atoms with Crippen molar-refractivity contribution in [3.8, 4) is 22.4 Å². The van der Waals surface area contributed by atoms with Gasteiger partial charge in [0.15, 0.2) is 6.20 Å². The molecule has 2 aliphatic carbocycles. The van der Waals surface area contributed by atoms with Crippen molar-refractivity contribution in [2.75, 3.05) is 0 Å². The summed E-state index contributed by atoms with van der Waals surface area (Å²) in [5.41, 5.74) is 11.2. The number of nitrogens with zero attached hydrogens (tertiary/aromatic N) is 2. The lowest BCUT2D eigenvalue weighted by atomic mass is 9.78. The van der Waals surface area contributed by atoms with Crippen LogP contribution in [0.25, 0.3) is 22.4 Å². The highest BCUT2D eigenvalue weighted by Crippen LogP contribution is 2.56. The molecule has 1 fully saturated rings. The molecule has 0 amide bonds. The molecule has 2 aliphatic rings. The van der Waals surface area contributed by atoms with E-state index >= 15 is 0 Å². The molecule has 0 saturated heterocycles. The molecule has 0 radical (unpaired) electrons. The molecule has 2 aromatic heterocycles. The molecule has 0 atom stereocenters. The third-order valence-corrected chi connectivity index (χ3v) is 6.79. The predicted octanol–water partition coefficient (Wildman–Crippen LogP) is 5.28. The van der Waals surface area contributed by atoms with Crippen LogP contribution in [0.15, 0.2) is 48.8 Å². The van der Waals surface area contributed by atoms with Crippen molar-refractivity contribution in [1.29, 1.82) is 0 Å². The molecule has 0 aliphatic heterocycles. The molecular formula is C25H27N2+. The Hall–Kier alpha value is -2.48. The van der Waals surface area contributed by atoms with Gasteiger partial charge in [-0.2, -0.15) is 0 Å². The highest BCUT2D eigenvalue weighted by atomic mass is 14.9. The van der Waals surface area contributed by atoms with Gasteiger partial charge in [-0.3, -0.25) is 4.98 Å². The van der Waals surface area contributed by atoms with Gasteiger partial charge in [-0.1, -0.05) is 31.9 Å². The Kier molecular flexibility index (Phi) is 3.72. The van der Waals surface area contributed by atoms with Crippen LogP contribution in [0, 0.1) is 6.92 Å². The Morgan fingerprint density at radius 3 is 2.63 bits per heavy atom. The van der Waals surface area contributed by atoms with Crippen LogP contribution < -0.4 is 4.57 Å². The van der Waals surface area contributed by atoms with Gasteiger partial charge in [0.1, 0.15) is 7.05 Å².